The molecule has 0 spiro atoms. The van der Waals surface area contributed by atoms with Crippen LogP contribution >= 0.6 is 0 Å². The van der Waals surface area contributed by atoms with Crippen LogP contribution in [0, 0.1) is 17.3 Å². The van der Waals surface area contributed by atoms with E-state index in [2.05, 4.69) is 40.3 Å². The third kappa shape index (κ3) is 2.60. The Hall–Kier alpha value is -0.890. The number of rotatable bonds is 3. The van der Waals surface area contributed by atoms with Gasteiger partial charge in [-0.25, -0.2) is 0 Å². The van der Waals surface area contributed by atoms with Gasteiger partial charge in [-0.3, -0.25) is 4.79 Å². The molecule has 0 aromatic rings. The summed E-state index contributed by atoms with van der Waals surface area (Å²) in [6, 6.07) is 0. The van der Waals surface area contributed by atoms with Crippen molar-refractivity contribution in [2.75, 3.05) is 0 Å². The number of allylic oxidation sites excluding steroid dienone is 3. The van der Waals surface area contributed by atoms with E-state index in [1.807, 2.05) is 0 Å². The summed E-state index contributed by atoms with van der Waals surface area (Å²) in [5.41, 5.74) is 2.52. The molecular formula is C20H30O2. The number of epoxide rings is 1. The number of carbonyl (C=O) groups is 1. The first-order chi connectivity index (χ1) is 10.3. The van der Waals surface area contributed by atoms with Crippen molar-refractivity contribution in [3.8, 4) is 0 Å². The third-order valence-corrected chi connectivity index (χ3v) is 6.52. The summed E-state index contributed by atoms with van der Waals surface area (Å²) < 4.78 is 5.91. The van der Waals surface area contributed by atoms with Crippen molar-refractivity contribution >= 4 is 5.78 Å². The molecular weight excluding hydrogens is 272 g/mol. The van der Waals surface area contributed by atoms with Crippen molar-refractivity contribution in [2.45, 2.75) is 77.9 Å². The minimum Gasteiger partial charge on any atom is -0.366 e. The highest BCUT2D eigenvalue weighted by molar-refractivity contribution is 5.87. The maximum Gasteiger partial charge on any atom is 0.142 e. The van der Waals surface area contributed by atoms with Gasteiger partial charge >= 0.3 is 0 Å². The van der Waals surface area contributed by atoms with Crippen LogP contribution in [-0.4, -0.2) is 17.5 Å². The van der Waals surface area contributed by atoms with Crippen LogP contribution in [0.5, 0.6) is 0 Å². The molecule has 22 heavy (non-hydrogen) atoms. The molecule has 0 aromatic heterocycles. The van der Waals surface area contributed by atoms with E-state index >= 15 is 0 Å². The fourth-order valence-electron chi connectivity index (χ4n) is 4.65. The number of fused-ring (bicyclic) bond motifs is 2. The summed E-state index contributed by atoms with van der Waals surface area (Å²) in [6.45, 7) is 12.9. The van der Waals surface area contributed by atoms with Gasteiger partial charge in [-0.1, -0.05) is 30.7 Å². The Morgan fingerprint density at radius 1 is 1.36 bits per heavy atom. The van der Waals surface area contributed by atoms with Gasteiger partial charge < -0.3 is 4.74 Å². The Bertz CT molecular complexity index is 528. The lowest BCUT2D eigenvalue weighted by Crippen LogP contribution is -2.51. The topological polar surface area (TPSA) is 29.6 Å². The number of ketones is 1. The molecule has 2 aliphatic carbocycles. The van der Waals surface area contributed by atoms with Crippen LogP contribution in [0.4, 0.5) is 0 Å². The minimum atomic E-state index is -0.148. The Morgan fingerprint density at radius 2 is 2.09 bits per heavy atom. The van der Waals surface area contributed by atoms with E-state index in [9.17, 15) is 4.79 Å². The largest absolute Gasteiger partial charge is 0.366 e. The van der Waals surface area contributed by atoms with Crippen LogP contribution in [0.2, 0.25) is 0 Å². The molecule has 0 bridgehead atoms. The molecule has 0 aromatic carbocycles. The van der Waals surface area contributed by atoms with Crippen molar-refractivity contribution in [2.24, 2.45) is 17.3 Å². The Balaban J connectivity index is 1.74. The third-order valence-electron chi connectivity index (χ3n) is 6.52. The molecule has 1 saturated heterocycles. The summed E-state index contributed by atoms with van der Waals surface area (Å²) in [6.07, 6.45) is 8.48. The molecule has 0 radical (unpaired) electrons. The fourth-order valence-corrected chi connectivity index (χ4v) is 4.65. The van der Waals surface area contributed by atoms with Crippen molar-refractivity contribution < 1.29 is 9.53 Å². The SMILES string of the molecule is C=C1CC[C@@H]2O[C@@]2(C)CC[C@H]2[C@H]1C[C@]2(C)C(=O)CC=C(C)C. The second-order valence-electron chi connectivity index (χ2n) is 8.40. The minimum absolute atomic E-state index is 0.0780. The van der Waals surface area contributed by atoms with Crippen molar-refractivity contribution in [3.63, 3.8) is 0 Å². The standard InChI is InChI=1S/C20H30O2/c1-13(2)6-8-17(21)19(4)12-15-14(3)7-9-18-20(5,22-18)11-10-16(15)19/h6,15-16,18H,3,7-12H2,1-2,4-5H3/t15-,16-,18-,19-,20-/m0/s1. The molecule has 3 fully saturated rings. The van der Waals surface area contributed by atoms with Crippen LogP contribution < -0.4 is 0 Å². The zero-order valence-corrected chi connectivity index (χ0v) is 14.6. The number of Topliss-reactive ketones (excluding diaryl/α,β-unsaturated/α-hetero) is 1. The number of hydrogen-bond donors (Lipinski definition) is 0. The van der Waals surface area contributed by atoms with Crippen molar-refractivity contribution in [1.29, 1.82) is 0 Å². The lowest BCUT2D eigenvalue weighted by molar-refractivity contribution is -0.142. The van der Waals surface area contributed by atoms with Gasteiger partial charge in [-0.05, 0) is 64.7 Å². The van der Waals surface area contributed by atoms with E-state index in [4.69, 9.17) is 4.74 Å². The Morgan fingerprint density at radius 3 is 2.77 bits per heavy atom. The van der Waals surface area contributed by atoms with Crippen LogP contribution in [-0.2, 0) is 9.53 Å². The number of carbonyl (C=O) groups excluding carboxylic acids is 1. The molecule has 1 heterocycles. The number of ether oxygens (including phenoxy) is 1. The van der Waals surface area contributed by atoms with Gasteiger partial charge in [0.15, 0.2) is 0 Å². The zero-order valence-electron chi connectivity index (χ0n) is 14.6. The average Bonchev–Trinajstić information content (AvgIpc) is 3.08. The zero-order chi connectivity index (χ0) is 16.1. The quantitative estimate of drug-likeness (QED) is 0.551. The van der Waals surface area contributed by atoms with Crippen LogP contribution in [0.25, 0.3) is 0 Å². The highest BCUT2D eigenvalue weighted by Crippen LogP contribution is 2.60. The normalized spacial score (nSPS) is 43.6. The number of hydrogen-bond acceptors (Lipinski definition) is 2. The second kappa shape index (κ2) is 5.33. The molecule has 0 unspecified atom stereocenters. The first-order valence-corrected chi connectivity index (χ1v) is 8.78. The first kappa shape index (κ1) is 16.0. The van der Waals surface area contributed by atoms with Crippen LogP contribution in [0.1, 0.15) is 66.2 Å². The molecule has 3 aliphatic rings. The molecule has 122 valence electrons. The van der Waals surface area contributed by atoms with E-state index in [0.29, 0.717) is 30.1 Å². The maximum atomic E-state index is 12.8. The van der Waals surface area contributed by atoms with E-state index < -0.39 is 0 Å². The van der Waals surface area contributed by atoms with Crippen molar-refractivity contribution in [1.82, 2.24) is 0 Å². The molecule has 5 atom stereocenters. The van der Waals surface area contributed by atoms with E-state index in [0.717, 1.165) is 32.1 Å². The molecule has 2 heteroatoms. The highest BCUT2D eigenvalue weighted by atomic mass is 16.6. The van der Waals surface area contributed by atoms with E-state index in [-0.39, 0.29) is 11.0 Å². The van der Waals surface area contributed by atoms with Gasteiger partial charge in [0.2, 0.25) is 0 Å². The fraction of sp³-hybridized carbons (Fsp3) is 0.750. The molecule has 3 rings (SSSR count). The summed E-state index contributed by atoms with van der Waals surface area (Å²) in [7, 11) is 0. The second-order valence-corrected chi connectivity index (χ2v) is 8.40. The lowest BCUT2D eigenvalue weighted by Gasteiger charge is -2.53. The van der Waals surface area contributed by atoms with Crippen LogP contribution in [0.3, 0.4) is 0 Å². The molecule has 2 saturated carbocycles. The summed E-state index contributed by atoms with van der Waals surface area (Å²) in [4.78, 5) is 12.8. The molecule has 2 nitrogen and oxygen atoms in total. The molecule has 0 amide bonds. The average molecular weight is 302 g/mol. The monoisotopic (exact) mass is 302 g/mol. The molecule has 0 N–H and O–H groups in total. The summed E-state index contributed by atoms with van der Waals surface area (Å²) in [5.74, 6) is 1.44. The van der Waals surface area contributed by atoms with Gasteiger partial charge in [0, 0.05) is 11.8 Å². The van der Waals surface area contributed by atoms with Gasteiger partial charge in [0.1, 0.15) is 5.78 Å². The predicted molar refractivity (Wildman–Crippen MR) is 89.6 cm³/mol. The molecule has 1 aliphatic heterocycles. The Labute approximate surface area is 135 Å². The summed E-state index contributed by atoms with van der Waals surface area (Å²) >= 11 is 0. The van der Waals surface area contributed by atoms with Gasteiger partial charge in [-0.15, -0.1) is 0 Å². The van der Waals surface area contributed by atoms with E-state index in [1.54, 1.807) is 0 Å². The highest BCUT2D eigenvalue weighted by Gasteiger charge is 2.58. The first-order valence-electron chi connectivity index (χ1n) is 8.78. The van der Waals surface area contributed by atoms with Gasteiger partial charge in [-0.2, -0.15) is 0 Å². The predicted octanol–water partition coefficient (Wildman–Crippen LogP) is 4.84. The van der Waals surface area contributed by atoms with Crippen molar-refractivity contribution in [3.05, 3.63) is 23.8 Å². The smallest absolute Gasteiger partial charge is 0.142 e. The Kier molecular flexibility index (Phi) is 3.87. The maximum absolute atomic E-state index is 12.8. The van der Waals surface area contributed by atoms with Gasteiger partial charge in [0.25, 0.3) is 0 Å². The van der Waals surface area contributed by atoms with Gasteiger partial charge in [0.05, 0.1) is 11.7 Å². The van der Waals surface area contributed by atoms with Crippen LogP contribution in [0.15, 0.2) is 23.8 Å². The van der Waals surface area contributed by atoms with E-state index in [1.165, 1.54) is 11.1 Å². The summed E-state index contributed by atoms with van der Waals surface area (Å²) in [5, 5.41) is 0. The lowest BCUT2D eigenvalue weighted by atomic mass is 9.49.